The van der Waals surface area contributed by atoms with E-state index in [2.05, 4.69) is 10.0 Å². The van der Waals surface area contributed by atoms with Crippen LogP contribution in [0.3, 0.4) is 0 Å². The minimum absolute atomic E-state index is 0. The molecule has 0 radical (unpaired) electrons. The van der Waals surface area contributed by atoms with Gasteiger partial charge in [0, 0.05) is 32.9 Å². The monoisotopic (exact) mass is 352 g/mol. The second-order valence-corrected chi connectivity index (χ2v) is 6.97. The first-order valence-corrected chi connectivity index (χ1v) is 8.31. The molecule has 10 heteroatoms. The van der Waals surface area contributed by atoms with Gasteiger partial charge in [-0.1, -0.05) is 0 Å². The zero-order chi connectivity index (χ0) is 15.6. The maximum atomic E-state index is 12.2. The van der Waals surface area contributed by atoms with Crippen molar-refractivity contribution in [2.24, 2.45) is 14.1 Å². The van der Waals surface area contributed by atoms with Crippen molar-refractivity contribution in [3.05, 3.63) is 27.0 Å². The Morgan fingerprint density at radius 1 is 1.36 bits per heavy atom. The fourth-order valence-corrected chi connectivity index (χ4v) is 3.61. The lowest BCUT2D eigenvalue weighted by Gasteiger charge is -2.12. The standard InChI is InChI=1S/C12H20N4O4S.ClH/c1-15-8-10(11(17)16(2)12(15)18)21(19,20)14-7-5-9-4-3-6-13-9;/h8-9,13-14H,3-7H2,1-2H3;1H/t9-;/m1./s1. The van der Waals surface area contributed by atoms with Gasteiger partial charge in [0.05, 0.1) is 0 Å². The Morgan fingerprint density at radius 3 is 2.64 bits per heavy atom. The van der Waals surface area contributed by atoms with E-state index in [-0.39, 0.29) is 19.0 Å². The van der Waals surface area contributed by atoms with Crippen molar-refractivity contribution in [3.63, 3.8) is 0 Å². The summed E-state index contributed by atoms with van der Waals surface area (Å²) >= 11 is 0. The van der Waals surface area contributed by atoms with E-state index in [0.29, 0.717) is 12.5 Å². The zero-order valence-corrected chi connectivity index (χ0v) is 14.2. The van der Waals surface area contributed by atoms with Crippen LogP contribution < -0.4 is 21.3 Å². The molecule has 0 saturated carbocycles. The molecular formula is C12H21ClN4O4S. The van der Waals surface area contributed by atoms with E-state index in [1.54, 1.807) is 0 Å². The van der Waals surface area contributed by atoms with Crippen LogP contribution in [0.2, 0.25) is 0 Å². The quantitative estimate of drug-likeness (QED) is 0.702. The number of rotatable bonds is 5. The van der Waals surface area contributed by atoms with E-state index in [1.807, 2.05) is 0 Å². The minimum Gasteiger partial charge on any atom is -0.314 e. The lowest BCUT2D eigenvalue weighted by atomic mass is 10.2. The highest BCUT2D eigenvalue weighted by molar-refractivity contribution is 7.89. The van der Waals surface area contributed by atoms with Gasteiger partial charge >= 0.3 is 5.69 Å². The Labute approximate surface area is 135 Å². The van der Waals surface area contributed by atoms with Crippen molar-refractivity contribution in [2.45, 2.75) is 30.2 Å². The van der Waals surface area contributed by atoms with Crippen LogP contribution in [0.25, 0.3) is 0 Å². The van der Waals surface area contributed by atoms with Crippen molar-refractivity contribution >= 4 is 22.4 Å². The van der Waals surface area contributed by atoms with E-state index in [1.165, 1.54) is 14.1 Å². The molecule has 0 spiro atoms. The first-order chi connectivity index (χ1) is 9.83. The van der Waals surface area contributed by atoms with Crippen LogP contribution in [-0.2, 0) is 24.1 Å². The summed E-state index contributed by atoms with van der Waals surface area (Å²) in [6, 6.07) is 0.315. The number of nitrogens with zero attached hydrogens (tertiary/aromatic N) is 2. The summed E-state index contributed by atoms with van der Waals surface area (Å²) < 4.78 is 28.6. The number of hydrogen-bond acceptors (Lipinski definition) is 5. The van der Waals surface area contributed by atoms with Crippen LogP contribution in [0.1, 0.15) is 19.3 Å². The molecule has 0 bridgehead atoms. The number of hydrogen-bond donors (Lipinski definition) is 2. The van der Waals surface area contributed by atoms with Gasteiger partial charge in [0.2, 0.25) is 10.0 Å². The summed E-state index contributed by atoms with van der Waals surface area (Å²) in [5, 5.41) is 3.27. The highest BCUT2D eigenvalue weighted by atomic mass is 35.5. The molecular weight excluding hydrogens is 332 g/mol. The van der Waals surface area contributed by atoms with Crippen LogP contribution in [0.15, 0.2) is 20.7 Å². The van der Waals surface area contributed by atoms with E-state index in [4.69, 9.17) is 0 Å². The molecule has 0 aliphatic carbocycles. The van der Waals surface area contributed by atoms with Gasteiger partial charge in [-0.3, -0.25) is 9.36 Å². The van der Waals surface area contributed by atoms with E-state index >= 15 is 0 Å². The number of aromatic nitrogens is 2. The van der Waals surface area contributed by atoms with Crippen molar-refractivity contribution in [1.29, 1.82) is 0 Å². The second-order valence-electron chi connectivity index (χ2n) is 5.23. The first-order valence-electron chi connectivity index (χ1n) is 6.82. The molecule has 2 N–H and O–H groups in total. The van der Waals surface area contributed by atoms with Gasteiger partial charge in [-0.2, -0.15) is 0 Å². The normalized spacial score (nSPS) is 18.2. The summed E-state index contributed by atoms with van der Waals surface area (Å²) in [4.78, 5) is 23.1. The number of nitrogens with one attached hydrogen (secondary N) is 2. The summed E-state index contributed by atoms with van der Waals surface area (Å²) in [5.74, 6) is 0. The summed E-state index contributed by atoms with van der Waals surface area (Å²) in [7, 11) is -1.25. The highest BCUT2D eigenvalue weighted by Crippen LogP contribution is 2.08. The number of aryl methyl sites for hydroxylation is 1. The Kier molecular flexibility index (Phi) is 6.36. The van der Waals surface area contributed by atoms with Crippen LogP contribution in [0.5, 0.6) is 0 Å². The third-order valence-corrected chi connectivity index (χ3v) is 5.09. The molecule has 1 aromatic rings. The third-order valence-electron chi connectivity index (χ3n) is 3.65. The SMILES string of the molecule is Cl.Cn1cc(S(=O)(=O)NCC[C@H]2CCCN2)c(=O)n(C)c1=O. The van der Waals surface area contributed by atoms with Gasteiger partial charge in [-0.15, -0.1) is 12.4 Å². The van der Waals surface area contributed by atoms with E-state index < -0.39 is 26.2 Å². The molecule has 1 fully saturated rings. The van der Waals surface area contributed by atoms with Crippen molar-refractivity contribution in [3.8, 4) is 0 Å². The van der Waals surface area contributed by atoms with Gasteiger partial charge < -0.3 is 9.88 Å². The van der Waals surface area contributed by atoms with E-state index in [9.17, 15) is 18.0 Å². The Bertz CT molecular complexity index is 734. The molecule has 126 valence electrons. The average Bonchev–Trinajstić information content (AvgIpc) is 2.93. The van der Waals surface area contributed by atoms with Crippen LogP contribution >= 0.6 is 12.4 Å². The zero-order valence-electron chi connectivity index (χ0n) is 12.5. The molecule has 1 aliphatic heterocycles. The summed E-state index contributed by atoms with van der Waals surface area (Å²) in [5.41, 5.74) is -1.38. The molecule has 2 rings (SSSR count). The maximum Gasteiger partial charge on any atom is 0.330 e. The summed E-state index contributed by atoms with van der Waals surface area (Å²) in [6.07, 6.45) is 3.86. The van der Waals surface area contributed by atoms with Gasteiger partial charge in [-0.25, -0.2) is 17.9 Å². The first kappa shape index (κ1) is 18.9. The smallest absolute Gasteiger partial charge is 0.314 e. The molecule has 0 unspecified atom stereocenters. The van der Waals surface area contributed by atoms with Gasteiger partial charge in [0.15, 0.2) is 4.90 Å². The predicted octanol–water partition coefficient (Wildman–Crippen LogP) is -1.07. The van der Waals surface area contributed by atoms with Crippen molar-refractivity contribution in [1.82, 2.24) is 19.2 Å². The van der Waals surface area contributed by atoms with Gasteiger partial charge in [0.25, 0.3) is 5.56 Å². The second kappa shape index (κ2) is 7.40. The number of sulfonamides is 1. The topological polar surface area (TPSA) is 102 Å². The Morgan fingerprint density at radius 2 is 2.05 bits per heavy atom. The summed E-state index contributed by atoms with van der Waals surface area (Å²) in [6.45, 7) is 1.21. The third kappa shape index (κ3) is 3.97. The molecule has 0 aromatic carbocycles. The molecule has 1 atom stereocenters. The van der Waals surface area contributed by atoms with Gasteiger partial charge in [-0.05, 0) is 25.8 Å². The molecule has 8 nitrogen and oxygen atoms in total. The lowest BCUT2D eigenvalue weighted by molar-refractivity contribution is 0.536. The Hall–Kier alpha value is -1.16. The predicted molar refractivity (Wildman–Crippen MR) is 85.0 cm³/mol. The fraction of sp³-hybridized carbons (Fsp3) is 0.667. The van der Waals surface area contributed by atoms with Crippen LogP contribution in [0, 0.1) is 0 Å². The molecule has 1 saturated heterocycles. The lowest BCUT2D eigenvalue weighted by Crippen LogP contribution is -2.42. The van der Waals surface area contributed by atoms with E-state index in [0.717, 1.165) is 34.7 Å². The fourth-order valence-electron chi connectivity index (χ4n) is 2.41. The van der Waals surface area contributed by atoms with Crippen LogP contribution in [0.4, 0.5) is 0 Å². The molecule has 2 heterocycles. The highest BCUT2D eigenvalue weighted by Gasteiger charge is 2.22. The molecule has 1 aliphatic rings. The van der Waals surface area contributed by atoms with Crippen molar-refractivity contribution in [2.75, 3.05) is 13.1 Å². The molecule has 1 aromatic heterocycles. The molecule has 0 amide bonds. The average molecular weight is 353 g/mol. The molecule has 22 heavy (non-hydrogen) atoms. The Balaban J connectivity index is 0.00000242. The minimum atomic E-state index is -3.92. The maximum absolute atomic E-state index is 12.2. The van der Waals surface area contributed by atoms with Gasteiger partial charge in [0.1, 0.15) is 0 Å². The number of halogens is 1. The van der Waals surface area contributed by atoms with Crippen LogP contribution in [-0.4, -0.2) is 36.7 Å². The van der Waals surface area contributed by atoms with Crippen molar-refractivity contribution < 1.29 is 8.42 Å². The largest absolute Gasteiger partial charge is 0.330 e.